The molecule has 0 bridgehead atoms. The van der Waals surface area contributed by atoms with E-state index in [0.717, 1.165) is 16.0 Å². The molecule has 0 aliphatic carbocycles. The second-order valence-electron chi connectivity index (χ2n) is 7.54. The zero-order valence-electron chi connectivity index (χ0n) is 18.8. The molecule has 10 nitrogen and oxygen atoms in total. The van der Waals surface area contributed by atoms with Gasteiger partial charge in [0.2, 0.25) is 11.8 Å². The van der Waals surface area contributed by atoms with Gasteiger partial charge in [-0.05, 0) is 23.8 Å². The fourth-order valence-electron chi connectivity index (χ4n) is 3.33. The molecule has 0 fully saturated rings. The van der Waals surface area contributed by atoms with Crippen LogP contribution in [0.4, 0.5) is 4.79 Å². The summed E-state index contributed by atoms with van der Waals surface area (Å²) in [7, 11) is 1.42. The number of aromatic nitrogens is 2. The molecular formula is C24H27N5O5. The molecule has 2 aromatic heterocycles. The summed E-state index contributed by atoms with van der Waals surface area (Å²) in [6.07, 6.45) is 2.14. The lowest BCUT2D eigenvalue weighted by Crippen LogP contribution is -2.35. The topological polar surface area (TPSA) is 128 Å². The molecule has 1 atom stereocenters. The maximum Gasteiger partial charge on any atom is 0.410 e. The first-order chi connectivity index (χ1) is 16.4. The van der Waals surface area contributed by atoms with Gasteiger partial charge in [-0.15, -0.1) is 0 Å². The van der Waals surface area contributed by atoms with Gasteiger partial charge in [0, 0.05) is 7.05 Å². The summed E-state index contributed by atoms with van der Waals surface area (Å²) in [6.45, 7) is 3.69. The van der Waals surface area contributed by atoms with E-state index in [2.05, 4.69) is 16.9 Å². The Bertz CT molecular complexity index is 1160. The zero-order chi connectivity index (χ0) is 24.5. The van der Waals surface area contributed by atoms with Crippen molar-refractivity contribution in [3.05, 3.63) is 84.5 Å². The quantitative estimate of drug-likeness (QED) is 0.417. The van der Waals surface area contributed by atoms with Gasteiger partial charge in [0.15, 0.2) is 0 Å². The van der Waals surface area contributed by atoms with Crippen LogP contribution in [0.25, 0.3) is 5.52 Å². The number of nitrogens with one attached hydrogen (secondary N) is 1. The van der Waals surface area contributed by atoms with E-state index in [1.165, 1.54) is 13.1 Å². The highest BCUT2D eigenvalue weighted by atomic mass is 16.6. The Morgan fingerprint density at radius 3 is 2.65 bits per heavy atom. The normalized spacial score (nSPS) is 11.6. The van der Waals surface area contributed by atoms with E-state index in [0.29, 0.717) is 18.1 Å². The average molecular weight is 466 g/mol. The number of hydrogen-bond donors (Lipinski definition) is 2. The van der Waals surface area contributed by atoms with E-state index < -0.39 is 18.0 Å². The van der Waals surface area contributed by atoms with Crippen LogP contribution < -0.4 is 11.1 Å². The van der Waals surface area contributed by atoms with Crippen LogP contribution in [-0.2, 0) is 32.3 Å². The summed E-state index contributed by atoms with van der Waals surface area (Å²) in [5.74, 6) is -0.507. The van der Waals surface area contributed by atoms with E-state index in [9.17, 15) is 14.4 Å². The molecule has 2 heterocycles. The Balaban J connectivity index is 1.81. The Hall–Kier alpha value is -4.18. The summed E-state index contributed by atoms with van der Waals surface area (Å²) < 4.78 is 13.0. The van der Waals surface area contributed by atoms with Crippen molar-refractivity contribution in [3.8, 4) is 0 Å². The smallest absolute Gasteiger partial charge is 0.410 e. The van der Waals surface area contributed by atoms with Crippen molar-refractivity contribution in [3.63, 3.8) is 0 Å². The molecule has 178 valence electrons. The van der Waals surface area contributed by atoms with Crippen LogP contribution in [0.3, 0.4) is 0 Å². The number of amides is 3. The van der Waals surface area contributed by atoms with Crippen LogP contribution in [0.2, 0.25) is 0 Å². The summed E-state index contributed by atoms with van der Waals surface area (Å²) in [6, 6.07) is 14.5. The molecule has 10 heteroatoms. The van der Waals surface area contributed by atoms with E-state index >= 15 is 0 Å². The molecule has 34 heavy (non-hydrogen) atoms. The number of rotatable bonds is 11. The minimum Gasteiger partial charge on any atom is -0.443 e. The number of nitrogens with two attached hydrogens (primary N) is 1. The van der Waals surface area contributed by atoms with Crippen molar-refractivity contribution in [2.45, 2.75) is 19.3 Å². The molecule has 0 radical (unpaired) electrons. The monoisotopic (exact) mass is 465 g/mol. The summed E-state index contributed by atoms with van der Waals surface area (Å²) in [5.41, 5.74) is 7.49. The van der Waals surface area contributed by atoms with Crippen LogP contribution in [0.1, 0.15) is 23.1 Å². The Kier molecular flexibility index (Phi) is 8.36. The van der Waals surface area contributed by atoms with E-state index in [-0.39, 0.29) is 25.7 Å². The van der Waals surface area contributed by atoms with Gasteiger partial charge in [-0.3, -0.25) is 14.0 Å². The van der Waals surface area contributed by atoms with Gasteiger partial charge in [0.1, 0.15) is 25.0 Å². The number of ether oxygens (including phenoxy) is 2. The highest BCUT2D eigenvalue weighted by Gasteiger charge is 2.21. The first-order valence-corrected chi connectivity index (χ1v) is 10.5. The number of nitrogens with zero attached hydrogens (tertiary/aromatic N) is 3. The van der Waals surface area contributed by atoms with Crippen LogP contribution >= 0.6 is 0 Å². The SMILES string of the molecule is C=CC(=O)N[C@H](COCc1ccccc1)c1ncc2cccc(COC(=O)N(C)CC(N)=O)n12. The largest absolute Gasteiger partial charge is 0.443 e. The molecule has 3 rings (SSSR count). The number of carbonyl (C=O) groups excluding carboxylic acids is 3. The molecule has 0 unspecified atom stereocenters. The van der Waals surface area contributed by atoms with Crippen molar-refractivity contribution < 1.29 is 23.9 Å². The average Bonchev–Trinajstić information content (AvgIpc) is 3.26. The standard InChI is InChI=1S/C24H27N5O5/c1-3-22(31)27-20(16-33-14-17-8-5-4-6-9-17)23-26-12-18-10-7-11-19(29(18)23)15-34-24(32)28(2)13-21(25)30/h3-12,20H,1,13-16H2,2H3,(H2,25,30)(H,27,31)/t20-/m1/s1. The highest BCUT2D eigenvalue weighted by Crippen LogP contribution is 2.19. The number of carbonyl (C=O) groups is 3. The molecule has 0 saturated heterocycles. The predicted octanol–water partition coefficient (Wildman–Crippen LogP) is 1.95. The third-order valence-electron chi connectivity index (χ3n) is 4.92. The Morgan fingerprint density at radius 1 is 1.18 bits per heavy atom. The van der Waals surface area contributed by atoms with Crippen molar-refractivity contribution in [2.75, 3.05) is 20.2 Å². The van der Waals surface area contributed by atoms with Gasteiger partial charge >= 0.3 is 6.09 Å². The molecule has 3 N–H and O–H groups in total. The molecule has 3 aromatic rings. The number of fused-ring (bicyclic) bond motifs is 1. The number of primary amides is 1. The van der Waals surface area contributed by atoms with Crippen LogP contribution in [-0.4, -0.2) is 52.4 Å². The Labute approximate surface area is 197 Å². The number of pyridine rings is 1. The lowest BCUT2D eigenvalue weighted by molar-refractivity contribution is -0.119. The van der Waals surface area contributed by atoms with Crippen molar-refractivity contribution in [1.82, 2.24) is 19.6 Å². The minimum atomic E-state index is -0.694. The maximum atomic E-state index is 12.2. The zero-order valence-corrected chi connectivity index (χ0v) is 18.8. The van der Waals surface area contributed by atoms with Gasteiger partial charge in [0.25, 0.3) is 0 Å². The molecule has 0 spiro atoms. The van der Waals surface area contributed by atoms with Crippen molar-refractivity contribution >= 4 is 23.4 Å². The van der Waals surface area contributed by atoms with Gasteiger partial charge in [-0.1, -0.05) is 43.0 Å². The van der Waals surface area contributed by atoms with E-state index in [1.807, 2.05) is 36.4 Å². The third-order valence-corrected chi connectivity index (χ3v) is 4.92. The molecule has 0 saturated carbocycles. The molecule has 3 amide bonds. The van der Waals surface area contributed by atoms with Crippen LogP contribution in [0, 0.1) is 0 Å². The van der Waals surface area contributed by atoms with Crippen molar-refractivity contribution in [2.24, 2.45) is 5.73 Å². The maximum absolute atomic E-state index is 12.2. The fourth-order valence-corrected chi connectivity index (χ4v) is 3.33. The second kappa shape index (κ2) is 11.6. The van der Waals surface area contributed by atoms with E-state index in [4.69, 9.17) is 15.2 Å². The first-order valence-electron chi connectivity index (χ1n) is 10.5. The molecule has 0 aliphatic heterocycles. The number of likely N-dealkylation sites (N-methyl/N-ethyl adjacent to an activating group) is 1. The number of hydrogen-bond acceptors (Lipinski definition) is 6. The van der Waals surface area contributed by atoms with Crippen molar-refractivity contribution in [1.29, 1.82) is 0 Å². The van der Waals surface area contributed by atoms with Crippen LogP contribution in [0.5, 0.6) is 0 Å². The highest BCUT2D eigenvalue weighted by molar-refractivity contribution is 5.87. The van der Waals surface area contributed by atoms with Gasteiger partial charge in [-0.2, -0.15) is 0 Å². The molecular weight excluding hydrogens is 438 g/mol. The van der Waals surface area contributed by atoms with Gasteiger partial charge in [0.05, 0.1) is 30.6 Å². The fraction of sp³-hybridized carbons (Fsp3) is 0.250. The minimum absolute atomic E-state index is 0.0877. The molecule has 0 aliphatic rings. The lowest BCUT2D eigenvalue weighted by atomic mass is 10.2. The number of benzene rings is 1. The Morgan fingerprint density at radius 2 is 1.94 bits per heavy atom. The van der Waals surface area contributed by atoms with E-state index in [1.54, 1.807) is 22.7 Å². The van der Waals surface area contributed by atoms with Gasteiger partial charge < -0.3 is 25.4 Å². The van der Waals surface area contributed by atoms with Gasteiger partial charge in [-0.25, -0.2) is 9.78 Å². The summed E-state index contributed by atoms with van der Waals surface area (Å²) >= 11 is 0. The summed E-state index contributed by atoms with van der Waals surface area (Å²) in [5, 5.41) is 2.85. The number of imidazole rings is 1. The summed E-state index contributed by atoms with van der Waals surface area (Å²) in [4.78, 5) is 40.9. The molecule has 1 aromatic carbocycles. The predicted molar refractivity (Wildman–Crippen MR) is 124 cm³/mol. The lowest BCUT2D eigenvalue weighted by Gasteiger charge is -2.20. The third kappa shape index (κ3) is 6.42. The van der Waals surface area contributed by atoms with Crippen LogP contribution in [0.15, 0.2) is 67.4 Å². The second-order valence-corrected chi connectivity index (χ2v) is 7.54. The first kappa shape index (κ1) is 24.5.